The van der Waals surface area contributed by atoms with E-state index in [1.54, 1.807) is 19.2 Å². The van der Waals surface area contributed by atoms with Crippen LogP contribution in [0, 0.1) is 0 Å². The fourth-order valence-electron chi connectivity index (χ4n) is 4.05. The van der Waals surface area contributed by atoms with Gasteiger partial charge in [0.05, 0.1) is 18.2 Å². The largest absolute Gasteiger partial charge is 0.490 e. The Bertz CT molecular complexity index is 730. The van der Waals surface area contributed by atoms with Crippen LogP contribution < -0.4 is 4.74 Å². The third kappa shape index (κ3) is 5.21. The standard InChI is InChI=1S/C22H32N2O5/c1-22(2,3)29-21(26)24-16-9-10-17(24)15-23(12-11-16)20(25)18-7-5-6-8-19(18)28-14-13-27-4/h5-8,16-17H,9-15H2,1-4H3. The van der Waals surface area contributed by atoms with Crippen molar-refractivity contribution in [3.05, 3.63) is 29.8 Å². The number of benzene rings is 1. The van der Waals surface area contributed by atoms with Gasteiger partial charge in [-0.25, -0.2) is 4.79 Å². The summed E-state index contributed by atoms with van der Waals surface area (Å²) in [6, 6.07) is 7.41. The predicted octanol–water partition coefficient (Wildman–Crippen LogP) is 3.33. The Morgan fingerprint density at radius 2 is 1.79 bits per heavy atom. The van der Waals surface area contributed by atoms with Crippen LogP contribution in [0.1, 0.15) is 50.4 Å². The number of amides is 2. The molecule has 2 aliphatic heterocycles. The number of hydrogen-bond donors (Lipinski definition) is 0. The maximum Gasteiger partial charge on any atom is 0.410 e. The zero-order valence-corrected chi connectivity index (χ0v) is 17.8. The predicted molar refractivity (Wildman–Crippen MR) is 109 cm³/mol. The molecule has 2 amide bonds. The Morgan fingerprint density at radius 1 is 1.07 bits per heavy atom. The molecule has 2 unspecified atom stereocenters. The first-order valence-electron chi connectivity index (χ1n) is 10.3. The second kappa shape index (κ2) is 9.03. The zero-order valence-electron chi connectivity index (χ0n) is 17.8. The fraction of sp³-hybridized carbons (Fsp3) is 0.636. The topological polar surface area (TPSA) is 68.3 Å². The lowest BCUT2D eigenvalue weighted by atomic mass is 10.1. The molecule has 2 saturated heterocycles. The highest BCUT2D eigenvalue weighted by Crippen LogP contribution is 2.33. The molecule has 0 aliphatic carbocycles. The van der Waals surface area contributed by atoms with Gasteiger partial charge in [0.2, 0.25) is 0 Å². The summed E-state index contributed by atoms with van der Waals surface area (Å²) in [5.74, 6) is 0.502. The van der Waals surface area contributed by atoms with Crippen molar-refractivity contribution in [3.8, 4) is 5.75 Å². The van der Waals surface area contributed by atoms with E-state index in [-0.39, 0.29) is 24.1 Å². The van der Waals surface area contributed by atoms with Gasteiger partial charge in [-0.3, -0.25) is 4.79 Å². The third-order valence-electron chi connectivity index (χ3n) is 5.34. The van der Waals surface area contributed by atoms with Gasteiger partial charge in [-0.2, -0.15) is 0 Å². The number of carbonyl (C=O) groups excluding carboxylic acids is 2. The molecule has 2 fully saturated rings. The minimum atomic E-state index is -0.531. The number of rotatable bonds is 5. The molecule has 29 heavy (non-hydrogen) atoms. The van der Waals surface area contributed by atoms with Gasteiger partial charge < -0.3 is 24.0 Å². The number of methoxy groups -OCH3 is 1. The highest BCUT2D eigenvalue weighted by atomic mass is 16.6. The second-order valence-electron chi connectivity index (χ2n) is 8.65. The monoisotopic (exact) mass is 404 g/mol. The van der Waals surface area contributed by atoms with Gasteiger partial charge in [0.25, 0.3) is 5.91 Å². The number of fused-ring (bicyclic) bond motifs is 2. The number of para-hydroxylation sites is 1. The van der Waals surface area contributed by atoms with Crippen LogP contribution in [-0.4, -0.2) is 72.9 Å². The molecule has 2 aliphatic rings. The summed E-state index contributed by atoms with van der Waals surface area (Å²) in [6.07, 6.45) is 2.33. The van der Waals surface area contributed by atoms with Crippen molar-refractivity contribution in [2.24, 2.45) is 0 Å². The minimum absolute atomic E-state index is 0.0112. The maximum atomic E-state index is 13.3. The van der Waals surface area contributed by atoms with Crippen molar-refractivity contribution in [2.45, 2.75) is 57.7 Å². The lowest BCUT2D eigenvalue weighted by Gasteiger charge is -2.31. The minimum Gasteiger partial charge on any atom is -0.490 e. The van der Waals surface area contributed by atoms with E-state index in [1.807, 2.05) is 42.7 Å². The molecule has 0 N–H and O–H groups in total. The van der Waals surface area contributed by atoms with Crippen LogP contribution in [0.15, 0.2) is 24.3 Å². The lowest BCUT2D eigenvalue weighted by molar-refractivity contribution is 0.0151. The number of nitrogens with zero attached hydrogens (tertiary/aromatic N) is 2. The van der Waals surface area contributed by atoms with E-state index in [2.05, 4.69) is 0 Å². The summed E-state index contributed by atoms with van der Waals surface area (Å²) in [5.41, 5.74) is 0.0155. The first kappa shape index (κ1) is 21.4. The second-order valence-corrected chi connectivity index (χ2v) is 8.65. The van der Waals surface area contributed by atoms with E-state index >= 15 is 0 Å². The average molecular weight is 405 g/mol. The van der Waals surface area contributed by atoms with E-state index < -0.39 is 5.60 Å². The molecule has 0 saturated carbocycles. The van der Waals surface area contributed by atoms with Crippen molar-refractivity contribution >= 4 is 12.0 Å². The van der Waals surface area contributed by atoms with E-state index in [0.29, 0.717) is 37.6 Å². The van der Waals surface area contributed by atoms with Crippen molar-refractivity contribution in [1.82, 2.24) is 9.80 Å². The summed E-state index contributed by atoms with van der Waals surface area (Å²) in [6.45, 7) is 7.61. The van der Waals surface area contributed by atoms with Crippen LogP contribution in [0.5, 0.6) is 5.75 Å². The van der Waals surface area contributed by atoms with Gasteiger partial charge in [-0.05, 0) is 52.2 Å². The molecule has 7 heteroatoms. The average Bonchev–Trinajstić information content (AvgIpc) is 2.95. The van der Waals surface area contributed by atoms with Crippen LogP contribution in [0.2, 0.25) is 0 Å². The zero-order chi connectivity index (χ0) is 21.0. The van der Waals surface area contributed by atoms with E-state index in [0.717, 1.165) is 19.3 Å². The Hall–Kier alpha value is -2.28. The Morgan fingerprint density at radius 3 is 2.52 bits per heavy atom. The molecule has 2 heterocycles. The molecule has 1 aromatic carbocycles. The van der Waals surface area contributed by atoms with Gasteiger partial charge in [0, 0.05) is 26.2 Å². The normalized spacial score (nSPS) is 21.7. The highest BCUT2D eigenvalue weighted by molar-refractivity contribution is 5.97. The molecule has 0 aromatic heterocycles. The first-order chi connectivity index (χ1) is 13.8. The molecule has 2 bridgehead atoms. The highest BCUT2D eigenvalue weighted by Gasteiger charge is 2.43. The van der Waals surface area contributed by atoms with E-state index in [1.165, 1.54) is 0 Å². The molecule has 3 rings (SSSR count). The number of likely N-dealkylation sites (tertiary alicyclic amines) is 1. The number of carbonyl (C=O) groups is 2. The van der Waals surface area contributed by atoms with Gasteiger partial charge in [0.15, 0.2) is 0 Å². The van der Waals surface area contributed by atoms with E-state index in [9.17, 15) is 9.59 Å². The summed E-state index contributed by atoms with van der Waals surface area (Å²) < 4.78 is 16.4. The molecule has 1 aromatic rings. The van der Waals surface area contributed by atoms with Gasteiger partial charge in [-0.15, -0.1) is 0 Å². The van der Waals surface area contributed by atoms with Gasteiger partial charge in [-0.1, -0.05) is 12.1 Å². The summed E-state index contributed by atoms with van der Waals surface area (Å²) in [7, 11) is 1.61. The Balaban J connectivity index is 1.72. The smallest absolute Gasteiger partial charge is 0.410 e. The lowest BCUT2D eigenvalue weighted by Crippen LogP contribution is -2.46. The summed E-state index contributed by atoms with van der Waals surface area (Å²) in [4.78, 5) is 29.7. The molecular formula is C22H32N2O5. The number of hydrogen-bond acceptors (Lipinski definition) is 5. The van der Waals surface area contributed by atoms with Crippen molar-refractivity contribution < 1.29 is 23.8 Å². The van der Waals surface area contributed by atoms with Gasteiger partial charge >= 0.3 is 6.09 Å². The molecular weight excluding hydrogens is 372 g/mol. The fourth-order valence-corrected chi connectivity index (χ4v) is 4.05. The van der Waals surface area contributed by atoms with Crippen LogP contribution >= 0.6 is 0 Å². The van der Waals surface area contributed by atoms with Crippen LogP contribution in [0.3, 0.4) is 0 Å². The number of ether oxygens (including phenoxy) is 3. The van der Waals surface area contributed by atoms with Crippen LogP contribution in [0.4, 0.5) is 4.79 Å². The van der Waals surface area contributed by atoms with Crippen molar-refractivity contribution in [1.29, 1.82) is 0 Å². The van der Waals surface area contributed by atoms with Crippen LogP contribution in [0.25, 0.3) is 0 Å². The third-order valence-corrected chi connectivity index (χ3v) is 5.34. The van der Waals surface area contributed by atoms with E-state index in [4.69, 9.17) is 14.2 Å². The SMILES string of the molecule is COCCOc1ccccc1C(=O)N1CCC2CCC(C1)N2C(=O)OC(C)(C)C. The first-order valence-corrected chi connectivity index (χ1v) is 10.3. The maximum absolute atomic E-state index is 13.3. The van der Waals surface area contributed by atoms with Crippen LogP contribution in [-0.2, 0) is 9.47 Å². The molecule has 0 radical (unpaired) electrons. The Kier molecular flexibility index (Phi) is 6.67. The summed E-state index contributed by atoms with van der Waals surface area (Å²) >= 11 is 0. The quantitative estimate of drug-likeness (QED) is 0.704. The van der Waals surface area contributed by atoms with Gasteiger partial charge in [0.1, 0.15) is 18.0 Å². The molecule has 160 valence electrons. The Labute approximate surface area is 172 Å². The molecule has 0 spiro atoms. The summed E-state index contributed by atoms with van der Waals surface area (Å²) in [5, 5.41) is 0. The van der Waals surface area contributed by atoms with Crippen molar-refractivity contribution in [2.75, 3.05) is 33.4 Å². The molecule has 7 nitrogen and oxygen atoms in total. The van der Waals surface area contributed by atoms with Crippen molar-refractivity contribution in [3.63, 3.8) is 0 Å². The molecule has 2 atom stereocenters.